The van der Waals surface area contributed by atoms with Crippen molar-refractivity contribution in [3.63, 3.8) is 0 Å². The van der Waals surface area contributed by atoms with Crippen molar-refractivity contribution in [2.45, 2.75) is 49.3 Å². The Bertz CT molecular complexity index is 715. The molecule has 1 rings (SSSR count). The first-order valence-electron chi connectivity index (χ1n) is 8.24. The minimum atomic E-state index is -6.20. The molecule has 1 unspecified atom stereocenters. The van der Waals surface area contributed by atoms with Crippen molar-refractivity contribution < 1.29 is 58.7 Å². The summed E-state index contributed by atoms with van der Waals surface area (Å²) in [7, 11) is -6.20. The van der Waals surface area contributed by atoms with Crippen molar-refractivity contribution in [1.29, 1.82) is 0 Å². The van der Waals surface area contributed by atoms with Crippen LogP contribution >= 0.6 is 0 Å². The molecule has 1 fully saturated rings. The van der Waals surface area contributed by atoms with E-state index in [2.05, 4.69) is 20.8 Å². The molecule has 1 atom stereocenters. The van der Waals surface area contributed by atoms with E-state index >= 15 is 0 Å². The van der Waals surface area contributed by atoms with Crippen LogP contribution in [0.2, 0.25) is 0 Å². The normalized spacial score (nSPS) is 18.6. The van der Waals surface area contributed by atoms with Gasteiger partial charge in [-0.2, -0.15) is 30.4 Å². The first kappa shape index (κ1) is 25.2. The third-order valence-corrected chi connectivity index (χ3v) is 4.85. The zero-order chi connectivity index (χ0) is 22.5. The molecule has 168 valence electrons. The summed E-state index contributed by atoms with van der Waals surface area (Å²) in [4.78, 5) is 24.2. The molecule has 29 heavy (non-hydrogen) atoms. The summed E-state index contributed by atoms with van der Waals surface area (Å²) in [5, 5.41) is -5.24. The number of esters is 2. The zero-order valence-corrected chi connectivity index (χ0v) is 15.7. The monoisotopic (exact) mass is 454 g/mol. The lowest BCUT2D eigenvalue weighted by Crippen LogP contribution is -2.60. The molecule has 0 heterocycles. The summed E-state index contributed by atoms with van der Waals surface area (Å²) in [6.45, 7) is -0.381. The maximum Gasteiger partial charge on any atom is 0.468 e. The van der Waals surface area contributed by atoms with Crippen LogP contribution < -0.4 is 0 Å². The van der Waals surface area contributed by atoms with Crippen molar-refractivity contribution in [2.24, 2.45) is 5.92 Å². The van der Waals surface area contributed by atoms with Crippen LogP contribution in [-0.2, 0) is 33.9 Å². The molecule has 14 heteroatoms. The fourth-order valence-electron chi connectivity index (χ4n) is 2.44. The summed E-state index contributed by atoms with van der Waals surface area (Å²) in [5.74, 6) is -9.69. The molecule has 0 aromatic heterocycles. The second-order valence-corrected chi connectivity index (χ2v) is 7.71. The second-order valence-electron chi connectivity index (χ2n) is 6.16. The van der Waals surface area contributed by atoms with Gasteiger partial charge in [-0.25, -0.2) is 4.79 Å². The standard InChI is InChI=1S/C15H19F5O8S/c1-2-8-26-12(22)14(15(18,19)20,27-9-13(16,17)29(23,24)25)28-11(21)10-6-4-3-5-7-10/h2,10H,1,3-9H2,(H,23,24,25). The molecule has 8 nitrogen and oxygen atoms in total. The number of alkyl halides is 5. The van der Waals surface area contributed by atoms with Crippen molar-refractivity contribution >= 4 is 22.1 Å². The average molecular weight is 454 g/mol. The van der Waals surface area contributed by atoms with Gasteiger partial charge in [0.05, 0.1) is 5.92 Å². The van der Waals surface area contributed by atoms with Crippen LogP contribution in [0.4, 0.5) is 22.0 Å². The summed E-state index contributed by atoms with van der Waals surface area (Å²) in [6, 6.07) is 0. The number of halogens is 5. The molecule has 0 spiro atoms. The molecular weight excluding hydrogens is 435 g/mol. The van der Waals surface area contributed by atoms with Crippen molar-refractivity contribution in [1.82, 2.24) is 0 Å². The molecule has 1 saturated carbocycles. The van der Waals surface area contributed by atoms with Crippen LogP contribution in [0.5, 0.6) is 0 Å². The predicted octanol–water partition coefficient (Wildman–Crippen LogP) is 2.59. The molecule has 0 radical (unpaired) electrons. The minimum Gasteiger partial charge on any atom is -0.456 e. The van der Waals surface area contributed by atoms with Gasteiger partial charge in [0.15, 0.2) is 0 Å². The van der Waals surface area contributed by atoms with Gasteiger partial charge in [0, 0.05) is 0 Å². The number of carbonyl (C=O) groups is 2. The zero-order valence-electron chi connectivity index (χ0n) is 14.9. The van der Waals surface area contributed by atoms with Crippen LogP contribution in [0, 0.1) is 5.92 Å². The first-order chi connectivity index (χ1) is 13.2. The van der Waals surface area contributed by atoms with Gasteiger partial charge < -0.3 is 14.2 Å². The summed E-state index contributed by atoms with van der Waals surface area (Å²) >= 11 is 0. The van der Waals surface area contributed by atoms with E-state index in [1.54, 1.807) is 0 Å². The highest BCUT2D eigenvalue weighted by atomic mass is 32.2. The summed E-state index contributed by atoms with van der Waals surface area (Å²) in [6.07, 6.45) is -3.12. The molecule has 0 aliphatic heterocycles. The molecular formula is C15H19F5O8S. The van der Waals surface area contributed by atoms with Gasteiger partial charge in [0.25, 0.3) is 0 Å². The Morgan fingerprint density at radius 1 is 1.10 bits per heavy atom. The van der Waals surface area contributed by atoms with E-state index in [9.17, 15) is 40.0 Å². The molecule has 0 saturated heterocycles. The lowest BCUT2D eigenvalue weighted by Gasteiger charge is -2.34. The summed E-state index contributed by atoms with van der Waals surface area (Å²) in [5.41, 5.74) is 0. The van der Waals surface area contributed by atoms with Crippen LogP contribution in [-0.4, -0.2) is 55.3 Å². The third-order valence-electron chi connectivity index (χ3n) is 3.98. The Kier molecular flexibility index (Phi) is 8.13. The fourth-order valence-corrected chi connectivity index (χ4v) is 2.65. The van der Waals surface area contributed by atoms with E-state index in [0.717, 1.165) is 6.08 Å². The van der Waals surface area contributed by atoms with E-state index in [4.69, 9.17) is 4.55 Å². The molecule has 0 amide bonds. The Balaban J connectivity index is 3.28. The van der Waals surface area contributed by atoms with E-state index in [1.165, 1.54) is 0 Å². The Morgan fingerprint density at radius 2 is 1.66 bits per heavy atom. The Morgan fingerprint density at radius 3 is 2.10 bits per heavy atom. The Hall–Kier alpha value is -1.80. The number of carbonyl (C=O) groups excluding carboxylic acids is 2. The van der Waals surface area contributed by atoms with E-state index in [0.29, 0.717) is 19.3 Å². The number of rotatable bonds is 9. The van der Waals surface area contributed by atoms with E-state index < -0.39 is 58.4 Å². The molecule has 1 aliphatic rings. The van der Waals surface area contributed by atoms with Crippen molar-refractivity contribution in [3.05, 3.63) is 12.7 Å². The van der Waals surface area contributed by atoms with Gasteiger partial charge in [-0.1, -0.05) is 31.9 Å². The first-order valence-corrected chi connectivity index (χ1v) is 9.68. The predicted molar refractivity (Wildman–Crippen MR) is 85.1 cm³/mol. The fraction of sp³-hybridized carbons (Fsp3) is 0.733. The number of hydrogen-bond acceptors (Lipinski definition) is 7. The largest absolute Gasteiger partial charge is 0.468 e. The third kappa shape index (κ3) is 6.09. The Labute approximate surface area is 162 Å². The van der Waals surface area contributed by atoms with Crippen LogP contribution in [0.15, 0.2) is 12.7 Å². The SMILES string of the molecule is C=CCOC(=O)C(OCC(F)(F)S(=O)(=O)O)(OC(=O)C1CCCCC1)C(F)(F)F. The van der Waals surface area contributed by atoms with Crippen LogP contribution in [0.1, 0.15) is 32.1 Å². The van der Waals surface area contributed by atoms with E-state index in [-0.39, 0.29) is 12.8 Å². The van der Waals surface area contributed by atoms with Gasteiger partial charge in [-0.05, 0) is 12.8 Å². The second kappa shape index (κ2) is 9.34. The van der Waals surface area contributed by atoms with Gasteiger partial charge in [-0.3, -0.25) is 9.35 Å². The molecule has 1 N–H and O–H groups in total. The van der Waals surface area contributed by atoms with E-state index in [1.807, 2.05) is 0 Å². The average Bonchev–Trinajstić information content (AvgIpc) is 2.61. The van der Waals surface area contributed by atoms with Gasteiger partial charge in [-0.15, -0.1) is 0 Å². The van der Waals surface area contributed by atoms with Gasteiger partial charge in [0.1, 0.15) is 13.2 Å². The lowest BCUT2D eigenvalue weighted by atomic mass is 9.89. The highest BCUT2D eigenvalue weighted by molar-refractivity contribution is 7.86. The maximum atomic E-state index is 13.7. The van der Waals surface area contributed by atoms with Crippen molar-refractivity contribution in [3.8, 4) is 0 Å². The van der Waals surface area contributed by atoms with Crippen LogP contribution in [0.3, 0.4) is 0 Å². The lowest BCUT2D eigenvalue weighted by molar-refractivity contribution is -0.361. The van der Waals surface area contributed by atoms with Gasteiger partial charge in [0.2, 0.25) is 0 Å². The molecule has 0 bridgehead atoms. The maximum absolute atomic E-state index is 13.7. The number of hydrogen-bond donors (Lipinski definition) is 1. The minimum absolute atomic E-state index is 0.135. The molecule has 0 aromatic carbocycles. The smallest absolute Gasteiger partial charge is 0.456 e. The van der Waals surface area contributed by atoms with Gasteiger partial charge >= 0.3 is 39.3 Å². The topological polar surface area (TPSA) is 116 Å². The highest BCUT2D eigenvalue weighted by Crippen LogP contribution is 2.39. The highest BCUT2D eigenvalue weighted by Gasteiger charge is 2.69. The van der Waals surface area contributed by atoms with Crippen molar-refractivity contribution in [2.75, 3.05) is 13.2 Å². The number of ether oxygens (including phenoxy) is 3. The molecule has 0 aromatic rings. The van der Waals surface area contributed by atoms with Crippen LogP contribution in [0.25, 0.3) is 0 Å². The quantitative estimate of drug-likeness (QED) is 0.186. The summed E-state index contributed by atoms with van der Waals surface area (Å²) < 4.78 is 110. The molecule has 1 aliphatic carbocycles.